The summed E-state index contributed by atoms with van der Waals surface area (Å²) >= 11 is 1.45. The molecule has 0 aromatic carbocycles. The van der Waals surface area contributed by atoms with Gasteiger partial charge in [0.1, 0.15) is 4.83 Å². The zero-order valence-corrected chi connectivity index (χ0v) is 23.7. The van der Waals surface area contributed by atoms with Crippen LogP contribution < -0.4 is 15.4 Å². The zero-order chi connectivity index (χ0) is 28.0. The molecule has 7 rings (SSSR count). The van der Waals surface area contributed by atoms with Crippen LogP contribution in [0.4, 0.5) is 5.69 Å². The Bertz CT molecular complexity index is 1610. The summed E-state index contributed by atoms with van der Waals surface area (Å²) < 4.78 is 15.2. The number of nitrogens with zero attached hydrogens (tertiary/aromatic N) is 6. The maximum atomic E-state index is 13.3. The lowest BCUT2D eigenvalue weighted by atomic mass is 9.84. The summed E-state index contributed by atoms with van der Waals surface area (Å²) in [7, 11) is 0. The monoisotopic (exact) mass is 576 g/mol. The van der Waals surface area contributed by atoms with E-state index in [4.69, 9.17) is 9.47 Å². The number of nitrogens with one attached hydrogen (secondary N) is 2. The van der Waals surface area contributed by atoms with Crippen LogP contribution in [-0.2, 0) is 11.3 Å². The van der Waals surface area contributed by atoms with Gasteiger partial charge in [0, 0.05) is 51.5 Å². The number of aromatic nitrogens is 5. The first-order valence-electron chi connectivity index (χ1n) is 14.1. The zero-order valence-electron chi connectivity index (χ0n) is 22.9. The van der Waals surface area contributed by atoms with E-state index in [1.165, 1.54) is 24.0 Å². The Morgan fingerprint density at radius 1 is 1.07 bits per heavy atom. The van der Waals surface area contributed by atoms with Crippen molar-refractivity contribution < 1.29 is 19.1 Å². The van der Waals surface area contributed by atoms with Crippen molar-refractivity contribution >= 4 is 33.7 Å². The molecule has 2 fully saturated rings. The van der Waals surface area contributed by atoms with E-state index in [0.29, 0.717) is 40.5 Å². The van der Waals surface area contributed by atoms with Crippen LogP contribution in [-0.4, -0.2) is 86.1 Å². The minimum Gasteiger partial charge on any atom is -0.477 e. The number of carbonyl (C=O) groups excluding carboxylic acids is 2. The highest BCUT2D eigenvalue weighted by Crippen LogP contribution is 2.38. The molecule has 0 bridgehead atoms. The number of aryl methyl sites for hydroxylation is 2. The molecule has 0 aliphatic carbocycles. The first kappa shape index (κ1) is 26.1. The summed E-state index contributed by atoms with van der Waals surface area (Å²) in [4.78, 5) is 34.6. The largest absolute Gasteiger partial charge is 0.477 e. The number of thiazole rings is 1. The maximum absolute atomic E-state index is 13.3. The van der Waals surface area contributed by atoms with Crippen LogP contribution in [0.3, 0.4) is 0 Å². The fourth-order valence-electron chi connectivity index (χ4n) is 5.68. The molecule has 2 saturated heterocycles. The molecule has 12 nitrogen and oxygen atoms in total. The van der Waals surface area contributed by atoms with Gasteiger partial charge in [-0.15, -0.1) is 11.3 Å². The average molecular weight is 577 g/mol. The topological polar surface area (TPSA) is 128 Å². The van der Waals surface area contributed by atoms with E-state index in [1.54, 1.807) is 29.9 Å². The molecule has 2 amide bonds. The lowest BCUT2D eigenvalue weighted by Crippen LogP contribution is -2.53. The predicted octanol–water partition coefficient (Wildman–Crippen LogP) is 2.98. The average Bonchev–Trinajstić information content (AvgIpc) is 3.68. The molecular weight excluding hydrogens is 544 g/mol. The van der Waals surface area contributed by atoms with Crippen LogP contribution in [0.1, 0.15) is 52.1 Å². The van der Waals surface area contributed by atoms with Gasteiger partial charge in [0.25, 0.3) is 11.8 Å². The van der Waals surface area contributed by atoms with Gasteiger partial charge in [-0.25, -0.2) is 9.20 Å². The third-order valence-electron chi connectivity index (χ3n) is 8.29. The fraction of sp³-hybridized carbons (Fsp3) is 0.464. The molecule has 3 aliphatic rings. The van der Waals surface area contributed by atoms with Crippen molar-refractivity contribution in [1.29, 1.82) is 0 Å². The van der Waals surface area contributed by atoms with Gasteiger partial charge in [-0.05, 0) is 32.3 Å². The fourth-order valence-corrected chi connectivity index (χ4v) is 6.74. The van der Waals surface area contributed by atoms with Crippen molar-refractivity contribution in [1.82, 2.24) is 34.6 Å². The van der Waals surface area contributed by atoms with Gasteiger partial charge < -0.3 is 25.0 Å². The summed E-state index contributed by atoms with van der Waals surface area (Å²) in [5.41, 5.74) is 2.96. The number of carbonyl (C=O) groups is 2. The number of fused-ring (bicyclic) bond motifs is 2. The summed E-state index contributed by atoms with van der Waals surface area (Å²) in [6, 6.07) is 1.67. The second-order valence-corrected chi connectivity index (χ2v) is 11.9. The van der Waals surface area contributed by atoms with Crippen molar-refractivity contribution in [2.24, 2.45) is 0 Å². The van der Waals surface area contributed by atoms with Gasteiger partial charge in [0.15, 0.2) is 0 Å². The van der Waals surface area contributed by atoms with E-state index in [9.17, 15) is 9.59 Å². The van der Waals surface area contributed by atoms with Crippen LogP contribution in [0.5, 0.6) is 5.88 Å². The number of anilines is 1. The Balaban J connectivity index is 0.998. The van der Waals surface area contributed by atoms with Crippen molar-refractivity contribution in [2.45, 2.75) is 44.8 Å². The first-order chi connectivity index (χ1) is 20.0. The smallest absolute Gasteiger partial charge is 0.260 e. The van der Waals surface area contributed by atoms with Gasteiger partial charge in [-0.3, -0.25) is 14.6 Å². The Morgan fingerprint density at radius 3 is 2.73 bits per heavy atom. The van der Waals surface area contributed by atoms with Crippen molar-refractivity contribution in [3.63, 3.8) is 0 Å². The molecule has 2 N–H and O–H groups in total. The minimum absolute atomic E-state index is 0.123. The van der Waals surface area contributed by atoms with E-state index >= 15 is 0 Å². The Labute approximate surface area is 240 Å². The highest BCUT2D eigenvalue weighted by molar-refractivity contribution is 7.21. The second-order valence-electron chi connectivity index (χ2n) is 10.9. The number of rotatable bonds is 7. The third-order valence-corrected chi connectivity index (χ3v) is 9.44. The van der Waals surface area contributed by atoms with Crippen LogP contribution >= 0.6 is 11.3 Å². The number of pyridine rings is 1. The van der Waals surface area contributed by atoms with Crippen LogP contribution in [0.2, 0.25) is 0 Å². The molecule has 0 radical (unpaired) electrons. The highest BCUT2D eigenvalue weighted by atomic mass is 32.1. The minimum atomic E-state index is -0.317. The molecule has 4 aromatic rings. The summed E-state index contributed by atoms with van der Waals surface area (Å²) in [5, 5.41) is 14.7. The molecule has 0 unspecified atom stereocenters. The third kappa shape index (κ3) is 4.98. The van der Waals surface area contributed by atoms with Gasteiger partial charge in [0.2, 0.25) is 5.88 Å². The van der Waals surface area contributed by atoms with Crippen LogP contribution in [0.15, 0.2) is 30.9 Å². The lowest BCUT2D eigenvalue weighted by Gasteiger charge is -2.47. The van der Waals surface area contributed by atoms with E-state index in [-0.39, 0.29) is 17.4 Å². The molecule has 41 heavy (non-hydrogen) atoms. The normalized spacial score (nSPS) is 18.1. The van der Waals surface area contributed by atoms with E-state index in [0.717, 1.165) is 68.4 Å². The van der Waals surface area contributed by atoms with Gasteiger partial charge in [-0.1, -0.05) is 0 Å². The summed E-state index contributed by atoms with van der Waals surface area (Å²) in [6.07, 6.45) is 11.0. The number of amides is 2. The van der Waals surface area contributed by atoms with Gasteiger partial charge in [0.05, 0.1) is 64.2 Å². The molecule has 4 aromatic heterocycles. The summed E-state index contributed by atoms with van der Waals surface area (Å²) in [6.45, 7) is 7.48. The molecule has 3 aliphatic heterocycles. The second kappa shape index (κ2) is 10.5. The highest BCUT2D eigenvalue weighted by Gasteiger charge is 2.40. The number of piperidine rings is 1. The SMILES string of the molecule is Cc1ncc(C(=O)NCCN2CCC3(CCO3)CC2)cc1NC(=O)c1cnn2cc(-c3cnn4c3OCCC4)sc12. The molecule has 0 atom stereocenters. The molecule has 1 spiro atoms. The van der Waals surface area contributed by atoms with E-state index in [1.807, 2.05) is 10.9 Å². The molecule has 7 heterocycles. The Hall–Kier alpha value is -3.81. The number of likely N-dealkylation sites (tertiary alicyclic amines) is 1. The van der Waals surface area contributed by atoms with Crippen molar-refractivity contribution in [3.8, 4) is 16.3 Å². The lowest BCUT2D eigenvalue weighted by molar-refractivity contribution is -0.172. The van der Waals surface area contributed by atoms with E-state index in [2.05, 4.69) is 30.7 Å². The summed E-state index contributed by atoms with van der Waals surface area (Å²) in [5.74, 6) is 0.213. The molecular formula is C28H32N8O4S. The molecule has 214 valence electrons. The van der Waals surface area contributed by atoms with E-state index < -0.39 is 0 Å². The first-order valence-corrected chi connectivity index (χ1v) is 14.9. The van der Waals surface area contributed by atoms with Crippen LogP contribution in [0.25, 0.3) is 15.3 Å². The molecule has 13 heteroatoms. The predicted molar refractivity (Wildman–Crippen MR) is 153 cm³/mol. The number of ether oxygens (including phenoxy) is 2. The standard InChI is InChI=1S/C28H32N8O4S/c1-18-22(13-19(14-30-18)24(37)29-6-10-34-8-3-28(4-9-34)5-12-40-28)33-25(38)21-16-32-36-17-23(41-27(21)36)20-15-31-35-7-2-11-39-26(20)35/h13-17H,2-12H2,1H3,(H,29,37)(H,33,38). The van der Waals surface area contributed by atoms with Gasteiger partial charge >= 0.3 is 0 Å². The van der Waals surface area contributed by atoms with Gasteiger partial charge in [-0.2, -0.15) is 10.2 Å². The Morgan fingerprint density at radius 2 is 1.93 bits per heavy atom. The number of hydrogen-bond acceptors (Lipinski definition) is 9. The van der Waals surface area contributed by atoms with Crippen LogP contribution in [0, 0.1) is 6.92 Å². The molecule has 0 saturated carbocycles. The number of hydrogen-bond donors (Lipinski definition) is 2. The maximum Gasteiger partial charge on any atom is 0.260 e. The Kier molecular flexibility index (Phi) is 6.72. The van der Waals surface area contributed by atoms with Crippen molar-refractivity contribution in [3.05, 3.63) is 47.7 Å². The quantitative estimate of drug-likeness (QED) is 0.344. The van der Waals surface area contributed by atoms with Crippen molar-refractivity contribution in [2.75, 3.05) is 44.7 Å².